The monoisotopic (exact) mass is 349 g/mol. The number of nitrogen functional groups attached to an aromatic ring is 1. The summed E-state index contributed by atoms with van der Waals surface area (Å²) in [5.41, 5.74) is 6.76. The van der Waals surface area contributed by atoms with E-state index in [-0.39, 0.29) is 24.0 Å². The van der Waals surface area contributed by atoms with E-state index in [1.807, 2.05) is 0 Å². The molecule has 0 aliphatic rings. The number of nitrogens with two attached hydrogens (primary N) is 1. The van der Waals surface area contributed by atoms with Gasteiger partial charge in [0, 0.05) is 18.4 Å². The van der Waals surface area contributed by atoms with Crippen molar-refractivity contribution in [1.29, 1.82) is 0 Å². The molecule has 8 heteroatoms. The average Bonchev–Trinajstić information content (AvgIpc) is 2.63. The maximum atomic E-state index is 13.5. The Balaban J connectivity index is 2.43. The van der Waals surface area contributed by atoms with E-state index in [2.05, 4.69) is 20.9 Å². The summed E-state index contributed by atoms with van der Waals surface area (Å²) in [6.07, 6.45) is 0. The van der Waals surface area contributed by atoms with Gasteiger partial charge in [-0.2, -0.15) is 0 Å². The molecule has 1 aromatic heterocycles. The minimum Gasteiger partial charge on any atom is -0.369 e. The zero-order chi connectivity index (χ0) is 14.2. The van der Waals surface area contributed by atoms with E-state index < -0.39 is 15.7 Å². The Bertz CT molecular complexity index is 727. The van der Waals surface area contributed by atoms with Crippen LogP contribution in [0.25, 0.3) is 11.0 Å². The summed E-state index contributed by atoms with van der Waals surface area (Å²) in [6, 6.07) is 2.81. The predicted octanol–water partition coefficient (Wildman–Crippen LogP) is 1.95. The molecule has 0 radical (unpaired) electrons. The van der Waals surface area contributed by atoms with Gasteiger partial charge in [0.2, 0.25) is 5.95 Å². The Morgan fingerprint density at radius 1 is 1.47 bits per heavy atom. The number of sulfone groups is 1. The molecule has 0 spiro atoms. The first-order valence-electron chi connectivity index (χ1n) is 5.65. The summed E-state index contributed by atoms with van der Waals surface area (Å²) in [5.74, 6) is -0.234. The van der Waals surface area contributed by atoms with Gasteiger partial charge in [-0.05, 0) is 22.0 Å². The summed E-state index contributed by atoms with van der Waals surface area (Å²) in [4.78, 5) is 4.09. The van der Waals surface area contributed by atoms with E-state index in [9.17, 15) is 12.8 Å². The van der Waals surface area contributed by atoms with Crippen molar-refractivity contribution in [3.05, 3.63) is 22.4 Å². The molecule has 1 heterocycles. The lowest BCUT2D eigenvalue weighted by Gasteiger charge is -2.06. The normalized spacial score (nSPS) is 12.2. The molecule has 5 nitrogen and oxygen atoms in total. The number of fused-ring (bicyclic) bond motifs is 1. The largest absolute Gasteiger partial charge is 0.369 e. The highest BCUT2D eigenvalue weighted by Gasteiger charge is 2.14. The molecule has 0 saturated heterocycles. The number of hydrogen-bond acceptors (Lipinski definition) is 4. The topological polar surface area (TPSA) is 78.0 Å². The van der Waals surface area contributed by atoms with Crippen LogP contribution in [-0.2, 0) is 16.4 Å². The van der Waals surface area contributed by atoms with Gasteiger partial charge in [0.05, 0.1) is 21.3 Å². The van der Waals surface area contributed by atoms with Crippen molar-refractivity contribution in [2.24, 2.45) is 0 Å². The quantitative estimate of drug-likeness (QED) is 0.914. The summed E-state index contributed by atoms with van der Waals surface area (Å²) >= 11 is 3.07. The van der Waals surface area contributed by atoms with E-state index in [1.54, 1.807) is 6.92 Å². The minimum atomic E-state index is -3.11. The minimum absolute atomic E-state index is 0.0448. The van der Waals surface area contributed by atoms with Crippen LogP contribution in [0.15, 0.2) is 16.6 Å². The van der Waals surface area contributed by atoms with Crippen LogP contribution in [-0.4, -0.2) is 29.5 Å². The Hall–Kier alpha value is -1.15. The van der Waals surface area contributed by atoms with Gasteiger partial charge in [-0.25, -0.2) is 17.8 Å². The molecule has 2 aromatic rings. The fourth-order valence-electron chi connectivity index (χ4n) is 1.75. The number of imidazole rings is 1. The Labute approximate surface area is 118 Å². The van der Waals surface area contributed by atoms with Crippen LogP contribution in [0.3, 0.4) is 0 Å². The molecule has 0 aliphatic heterocycles. The van der Waals surface area contributed by atoms with Crippen molar-refractivity contribution in [2.75, 3.05) is 17.2 Å². The van der Waals surface area contributed by atoms with Crippen LogP contribution >= 0.6 is 15.9 Å². The number of nitrogens with zero attached hydrogens (tertiary/aromatic N) is 2. The smallest absolute Gasteiger partial charge is 0.201 e. The lowest BCUT2D eigenvalue weighted by molar-refractivity contribution is 0.591. The third-order valence-corrected chi connectivity index (χ3v) is 5.18. The molecule has 1 aromatic carbocycles. The van der Waals surface area contributed by atoms with Crippen LogP contribution in [0.2, 0.25) is 0 Å². The zero-order valence-electron chi connectivity index (χ0n) is 10.2. The van der Waals surface area contributed by atoms with Crippen LogP contribution < -0.4 is 5.73 Å². The first-order valence-corrected chi connectivity index (χ1v) is 8.26. The van der Waals surface area contributed by atoms with E-state index in [4.69, 9.17) is 5.73 Å². The fourth-order valence-corrected chi connectivity index (χ4v) is 2.83. The van der Waals surface area contributed by atoms with E-state index in [1.165, 1.54) is 16.7 Å². The highest BCUT2D eigenvalue weighted by molar-refractivity contribution is 9.10. The summed E-state index contributed by atoms with van der Waals surface area (Å²) < 4.78 is 38.4. The van der Waals surface area contributed by atoms with Crippen molar-refractivity contribution in [2.45, 2.75) is 13.5 Å². The Morgan fingerprint density at radius 3 is 2.79 bits per heavy atom. The zero-order valence-corrected chi connectivity index (χ0v) is 12.6. The van der Waals surface area contributed by atoms with Crippen LogP contribution in [0.4, 0.5) is 10.3 Å². The van der Waals surface area contributed by atoms with E-state index in [0.29, 0.717) is 15.5 Å². The maximum Gasteiger partial charge on any atom is 0.201 e. The van der Waals surface area contributed by atoms with Gasteiger partial charge >= 0.3 is 0 Å². The standard InChI is InChI=1S/C11H13BrFN3O2S/c1-2-19(17,18)4-3-16-10-6-8(13)7(12)5-9(10)15-11(16)14/h5-6H,2-4H2,1H3,(H2,14,15). The van der Waals surface area contributed by atoms with Gasteiger partial charge in [0.15, 0.2) is 9.84 Å². The van der Waals surface area contributed by atoms with Crippen LogP contribution in [0, 0.1) is 5.82 Å². The molecule has 0 amide bonds. The summed E-state index contributed by atoms with van der Waals surface area (Å²) in [6.45, 7) is 1.75. The molecule has 0 fully saturated rings. The van der Waals surface area contributed by atoms with E-state index >= 15 is 0 Å². The molecule has 0 bridgehead atoms. The Kier molecular flexibility index (Phi) is 3.82. The Morgan fingerprint density at radius 2 is 2.16 bits per heavy atom. The van der Waals surface area contributed by atoms with Crippen LogP contribution in [0.1, 0.15) is 6.92 Å². The molecule has 19 heavy (non-hydrogen) atoms. The van der Waals surface area contributed by atoms with Crippen LogP contribution in [0.5, 0.6) is 0 Å². The lowest BCUT2D eigenvalue weighted by Crippen LogP contribution is -2.15. The number of hydrogen-bond donors (Lipinski definition) is 1. The number of rotatable bonds is 4. The second kappa shape index (κ2) is 5.09. The molecule has 2 N–H and O–H groups in total. The number of benzene rings is 1. The van der Waals surface area contributed by atoms with Gasteiger partial charge in [-0.1, -0.05) is 6.92 Å². The second-order valence-corrected chi connectivity index (χ2v) is 7.44. The SMILES string of the molecule is CCS(=O)(=O)CCn1c(N)nc2cc(Br)c(F)cc21. The average molecular weight is 350 g/mol. The van der Waals surface area contributed by atoms with Gasteiger partial charge < -0.3 is 10.3 Å². The molecular weight excluding hydrogens is 337 g/mol. The molecule has 0 aliphatic carbocycles. The molecule has 2 rings (SSSR count). The fraction of sp³-hybridized carbons (Fsp3) is 0.364. The van der Waals surface area contributed by atoms with E-state index in [0.717, 1.165) is 0 Å². The third kappa shape index (κ3) is 2.89. The van der Waals surface area contributed by atoms with Gasteiger partial charge in [-0.15, -0.1) is 0 Å². The molecule has 0 atom stereocenters. The molecule has 104 valence electrons. The number of halogens is 2. The molecule has 0 saturated carbocycles. The summed E-state index contributed by atoms with van der Waals surface area (Å²) in [7, 11) is -3.11. The predicted molar refractivity (Wildman–Crippen MR) is 76.1 cm³/mol. The highest BCUT2D eigenvalue weighted by Crippen LogP contribution is 2.25. The molecule has 0 unspecified atom stereocenters. The second-order valence-electron chi connectivity index (χ2n) is 4.11. The van der Waals surface area contributed by atoms with Crippen molar-refractivity contribution in [1.82, 2.24) is 9.55 Å². The van der Waals surface area contributed by atoms with Crippen molar-refractivity contribution in [3.8, 4) is 0 Å². The number of aryl methyl sites for hydroxylation is 1. The highest BCUT2D eigenvalue weighted by atomic mass is 79.9. The van der Waals surface area contributed by atoms with Crippen molar-refractivity contribution >= 4 is 42.7 Å². The van der Waals surface area contributed by atoms with Crippen molar-refractivity contribution in [3.63, 3.8) is 0 Å². The number of aromatic nitrogens is 2. The summed E-state index contributed by atoms with van der Waals surface area (Å²) in [5, 5.41) is 0. The van der Waals surface area contributed by atoms with Gasteiger partial charge in [-0.3, -0.25) is 0 Å². The van der Waals surface area contributed by atoms with Gasteiger partial charge in [0.25, 0.3) is 0 Å². The lowest BCUT2D eigenvalue weighted by atomic mass is 10.3. The first-order chi connectivity index (χ1) is 8.84. The number of anilines is 1. The third-order valence-electron chi connectivity index (χ3n) is 2.89. The van der Waals surface area contributed by atoms with Gasteiger partial charge in [0.1, 0.15) is 5.82 Å². The first kappa shape index (κ1) is 14.3. The molecular formula is C11H13BrFN3O2S. The maximum absolute atomic E-state index is 13.5. The van der Waals surface area contributed by atoms with Crippen molar-refractivity contribution < 1.29 is 12.8 Å².